The van der Waals surface area contributed by atoms with E-state index in [0.717, 1.165) is 6.07 Å². The fourth-order valence-corrected chi connectivity index (χ4v) is 2.18. The molecular weight excluding hydrogens is 324 g/mol. The van der Waals surface area contributed by atoms with E-state index in [1.165, 1.54) is 36.4 Å². The van der Waals surface area contributed by atoms with Crippen molar-refractivity contribution in [2.24, 2.45) is 0 Å². The van der Waals surface area contributed by atoms with Gasteiger partial charge in [-0.25, -0.2) is 4.39 Å². The number of halogens is 4. The Balaban J connectivity index is 1.80. The van der Waals surface area contributed by atoms with E-state index in [9.17, 15) is 22.4 Å². The molecule has 1 amide bonds. The molecule has 0 unspecified atom stereocenters. The Morgan fingerprint density at radius 3 is 2.33 bits per heavy atom. The largest absolute Gasteiger partial charge is 0.416 e. The van der Waals surface area contributed by atoms with Crippen molar-refractivity contribution < 1.29 is 22.4 Å². The van der Waals surface area contributed by atoms with Gasteiger partial charge in [0.2, 0.25) is 0 Å². The van der Waals surface area contributed by atoms with Gasteiger partial charge in [0.1, 0.15) is 5.82 Å². The molecule has 0 radical (unpaired) electrons. The first-order valence-electron chi connectivity index (χ1n) is 7.28. The highest BCUT2D eigenvalue weighted by Gasteiger charge is 2.32. The van der Waals surface area contributed by atoms with Crippen LogP contribution in [0.15, 0.2) is 48.5 Å². The van der Waals surface area contributed by atoms with E-state index in [1.807, 2.05) is 0 Å². The predicted molar refractivity (Wildman–Crippen MR) is 81.9 cm³/mol. The number of amides is 1. The van der Waals surface area contributed by atoms with Crippen molar-refractivity contribution in [2.75, 3.05) is 13.1 Å². The lowest BCUT2D eigenvalue weighted by molar-refractivity contribution is -0.138. The van der Waals surface area contributed by atoms with Crippen LogP contribution in [0.4, 0.5) is 17.6 Å². The van der Waals surface area contributed by atoms with Crippen LogP contribution in [0.5, 0.6) is 0 Å². The summed E-state index contributed by atoms with van der Waals surface area (Å²) in [6.07, 6.45) is -4.41. The average Bonchev–Trinajstić information content (AvgIpc) is 2.54. The van der Waals surface area contributed by atoms with Crippen LogP contribution in [0.1, 0.15) is 21.5 Å². The van der Waals surface area contributed by atoms with Gasteiger partial charge in [0.05, 0.1) is 11.1 Å². The number of alkyl halides is 3. The summed E-state index contributed by atoms with van der Waals surface area (Å²) in [7, 11) is 0. The molecular formula is C17H16F4N2O. The minimum absolute atomic E-state index is 0.0191. The molecule has 2 rings (SSSR count). The quantitative estimate of drug-likeness (QED) is 0.625. The van der Waals surface area contributed by atoms with E-state index in [2.05, 4.69) is 10.6 Å². The number of hydrogen-bond acceptors (Lipinski definition) is 2. The van der Waals surface area contributed by atoms with E-state index in [-0.39, 0.29) is 30.8 Å². The van der Waals surface area contributed by atoms with E-state index < -0.39 is 23.5 Å². The molecule has 0 aliphatic carbocycles. The summed E-state index contributed by atoms with van der Waals surface area (Å²) >= 11 is 0. The first-order chi connectivity index (χ1) is 11.4. The minimum atomic E-state index is -4.41. The second-order valence-corrected chi connectivity index (χ2v) is 5.07. The van der Waals surface area contributed by atoms with Crippen LogP contribution >= 0.6 is 0 Å². The van der Waals surface area contributed by atoms with Gasteiger partial charge in [0.25, 0.3) is 5.91 Å². The van der Waals surface area contributed by atoms with Crippen LogP contribution in [0, 0.1) is 5.82 Å². The van der Waals surface area contributed by atoms with Crippen molar-refractivity contribution in [2.45, 2.75) is 12.7 Å². The monoisotopic (exact) mass is 340 g/mol. The second-order valence-electron chi connectivity index (χ2n) is 5.07. The zero-order valence-electron chi connectivity index (χ0n) is 12.7. The Labute approximate surface area is 136 Å². The zero-order valence-corrected chi connectivity index (χ0v) is 12.7. The normalized spacial score (nSPS) is 11.3. The van der Waals surface area contributed by atoms with Crippen LogP contribution < -0.4 is 10.6 Å². The van der Waals surface area contributed by atoms with Gasteiger partial charge in [-0.1, -0.05) is 30.3 Å². The molecule has 2 aromatic rings. The zero-order chi connectivity index (χ0) is 17.6. The minimum Gasteiger partial charge on any atom is -0.351 e. The summed E-state index contributed by atoms with van der Waals surface area (Å²) < 4.78 is 51.9. The highest BCUT2D eigenvalue weighted by atomic mass is 19.4. The van der Waals surface area contributed by atoms with E-state index in [0.29, 0.717) is 0 Å². The van der Waals surface area contributed by atoms with Gasteiger partial charge in [-0.2, -0.15) is 13.2 Å². The molecule has 2 aromatic carbocycles. The van der Waals surface area contributed by atoms with Crippen LogP contribution in [0.25, 0.3) is 0 Å². The number of rotatable bonds is 6. The Morgan fingerprint density at radius 2 is 1.62 bits per heavy atom. The lowest BCUT2D eigenvalue weighted by atomic mass is 10.1. The Bertz CT molecular complexity index is 701. The molecule has 0 aliphatic heterocycles. The summed E-state index contributed by atoms with van der Waals surface area (Å²) in [6.45, 7) is 0.443. The van der Waals surface area contributed by atoms with Crippen molar-refractivity contribution in [1.82, 2.24) is 10.6 Å². The Hall–Kier alpha value is -2.41. The van der Waals surface area contributed by atoms with Gasteiger partial charge < -0.3 is 10.6 Å². The maximum absolute atomic E-state index is 13.4. The number of carbonyl (C=O) groups is 1. The third-order valence-electron chi connectivity index (χ3n) is 3.34. The Kier molecular flexibility index (Phi) is 5.92. The van der Waals surface area contributed by atoms with Crippen molar-refractivity contribution in [1.29, 1.82) is 0 Å². The van der Waals surface area contributed by atoms with Crippen LogP contribution in [-0.2, 0) is 12.7 Å². The van der Waals surface area contributed by atoms with Gasteiger partial charge in [-0.15, -0.1) is 0 Å². The number of nitrogens with one attached hydrogen (secondary N) is 2. The van der Waals surface area contributed by atoms with Gasteiger partial charge in [-0.05, 0) is 23.8 Å². The van der Waals surface area contributed by atoms with Crippen molar-refractivity contribution in [3.63, 3.8) is 0 Å². The summed E-state index contributed by atoms with van der Waals surface area (Å²) in [4.78, 5) is 11.8. The van der Waals surface area contributed by atoms with E-state index >= 15 is 0 Å². The first-order valence-corrected chi connectivity index (χ1v) is 7.28. The van der Waals surface area contributed by atoms with Gasteiger partial charge in [-0.3, -0.25) is 4.79 Å². The van der Waals surface area contributed by atoms with E-state index in [1.54, 1.807) is 6.07 Å². The summed E-state index contributed by atoms with van der Waals surface area (Å²) in [6, 6.07) is 10.9. The molecule has 7 heteroatoms. The third-order valence-corrected chi connectivity index (χ3v) is 3.34. The summed E-state index contributed by atoms with van der Waals surface area (Å²) in [5.41, 5.74) is -0.627. The van der Waals surface area contributed by atoms with Crippen molar-refractivity contribution >= 4 is 5.91 Å². The molecule has 0 atom stereocenters. The van der Waals surface area contributed by atoms with Crippen LogP contribution in [0.3, 0.4) is 0 Å². The predicted octanol–water partition coefficient (Wildman–Crippen LogP) is 3.36. The topological polar surface area (TPSA) is 41.1 Å². The standard InChI is InChI=1S/C17H16F4N2O/c18-15-8-4-2-6-13(15)16(24)23-10-9-22-11-12-5-1-3-7-14(12)17(19,20)21/h1-8,22H,9-11H2,(H,23,24). The molecule has 0 aromatic heterocycles. The highest BCUT2D eigenvalue weighted by molar-refractivity contribution is 5.94. The van der Waals surface area contributed by atoms with Gasteiger partial charge >= 0.3 is 6.18 Å². The molecule has 2 N–H and O–H groups in total. The maximum atomic E-state index is 13.4. The number of benzene rings is 2. The molecule has 0 aliphatic rings. The fraction of sp³-hybridized carbons (Fsp3) is 0.235. The first kappa shape index (κ1) is 17.9. The Morgan fingerprint density at radius 1 is 0.958 bits per heavy atom. The van der Waals surface area contributed by atoms with Gasteiger partial charge in [0, 0.05) is 19.6 Å². The SMILES string of the molecule is O=C(NCCNCc1ccccc1C(F)(F)F)c1ccccc1F. The second kappa shape index (κ2) is 7.92. The highest BCUT2D eigenvalue weighted by Crippen LogP contribution is 2.31. The van der Waals surface area contributed by atoms with Crippen molar-refractivity contribution in [3.05, 3.63) is 71.0 Å². The number of hydrogen-bond donors (Lipinski definition) is 2. The van der Waals surface area contributed by atoms with E-state index in [4.69, 9.17) is 0 Å². The summed E-state index contributed by atoms with van der Waals surface area (Å²) in [5.74, 6) is -1.19. The molecule has 24 heavy (non-hydrogen) atoms. The molecule has 0 heterocycles. The smallest absolute Gasteiger partial charge is 0.351 e. The summed E-state index contributed by atoms with van der Waals surface area (Å²) in [5, 5.41) is 5.33. The number of carbonyl (C=O) groups excluding carboxylic acids is 1. The lowest BCUT2D eigenvalue weighted by Gasteiger charge is -2.13. The molecule has 3 nitrogen and oxygen atoms in total. The molecule has 0 saturated carbocycles. The maximum Gasteiger partial charge on any atom is 0.416 e. The fourth-order valence-electron chi connectivity index (χ4n) is 2.18. The van der Waals surface area contributed by atoms with Crippen LogP contribution in [-0.4, -0.2) is 19.0 Å². The van der Waals surface area contributed by atoms with Crippen molar-refractivity contribution in [3.8, 4) is 0 Å². The van der Waals surface area contributed by atoms with Crippen LogP contribution in [0.2, 0.25) is 0 Å². The molecule has 0 spiro atoms. The lowest BCUT2D eigenvalue weighted by Crippen LogP contribution is -2.32. The molecule has 0 fully saturated rings. The third kappa shape index (κ3) is 4.79. The molecule has 128 valence electrons. The molecule has 0 saturated heterocycles. The molecule has 0 bridgehead atoms. The van der Waals surface area contributed by atoms with Gasteiger partial charge in [0.15, 0.2) is 0 Å². The average molecular weight is 340 g/mol.